The van der Waals surface area contributed by atoms with Crippen molar-refractivity contribution in [2.24, 2.45) is 0 Å². The van der Waals surface area contributed by atoms with Gasteiger partial charge in [-0.2, -0.15) is 0 Å². The van der Waals surface area contributed by atoms with Gasteiger partial charge in [0, 0.05) is 11.6 Å². The molecule has 25 heavy (non-hydrogen) atoms. The van der Waals surface area contributed by atoms with Crippen LogP contribution in [0.1, 0.15) is 0 Å². The van der Waals surface area contributed by atoms with Gasteiger partial charge in [-0.05, 0) is 36.4 Å². The Kier molecular flexibility index (Phi) is 3.06. The van der Waals surface area contributed by atoms with Crippen molar-refractivity contribution in [3.8, 4) is 34.4 Å². The largest absolute Gasteiger partial charge is 0.454 e. The lowest BCUT2D eigenvalue weighted by Gasteiger charge is -2.03. The molecule has 5 rings (SSSR count). The molecule has 4 aromatic rings. The Morgan fingerprint density at radius 2 is 1.80 bits per heavy atom. The van der Waals surface area contributed by atoms with E-state index in [1.54, 1.807) is 10.6 Å². The van der Waals surface area contributed by atoms with Crippen molar-refractivity contribution < 1.29 is 14.2 Å². The summed E-state index contributed by atoms with van der Waals surface area (Å²) in [6.07, 6.45) is 1.87. The molecule has 0 saturated heterocycles. The number of rotatable bonds is 3. The molecule has 0 unspecified atom stereocenters. The van der Waals surface area contributed by atoms with E-state index in [1.165, 1.54) is 0 Å². The number of imidazole rings is 1. The zero-order chi connectivity index (χ0) is 16.6. The third-order valence-corrected chi connectivity index (χ3v) is 3.93. The second kappa shape index (κ2) is 5.52. The van der Waals surface area contributed by atoms with Crippen molar-refractivity contribution in [1.82, 2.24) is 14.6 Å². The maximum atomic E-state index is 5.77. The van der Waals surface area contributed by atoms with Gasteiger partial charge in [-0.1, -0.05) is 18.2 Å². The van der Waals surface area contributed by atoms with E-state index in [0.717, 1.165) is 34.2 Å². The summed E-state index contributed by atoms with van der Waals surface area (Å²) in [4.78, 5) is 4.61. The molecule has 122 valence electrons. The summed E-state index contributed by atoms with van der Waals surface area (Å²) in [6, 6.07) is 19.0. The number of nitrogens with zero attached hydrogens (tertiary/aromatic N) is 3. The van der Waals surface area contributed by atoms with Crippen LogP contribution in [0.3, 0.4) is 0 Å². The van der Waals surface area contributed by atoms with Gasteiger partial charge < -0.3 is 14.2 Å². The highest BCUT2D eigenvalue weighted by molar-refractivity contribution is 5.66. The second-order valence-corrected chi connectivity index (χ2v) is 5.58. The topological polar surface area (TPSA) is 57.9 Å². The SMILES string of the molecule is c1ccc(Oc2ccc3nc(-c4ccc5c(c4)OCO5)cn3n2)cc1. The van der Waals surface area contributed by atoms with Gasteiger partial charge in [0.1, 0.15) is 5.75 Å². The Balaban J connectivity index is 1.49. The molecule has 0 saturated carbocycles. The molecule has 0 bridgehead atoms. The summed E-state index contributed by atoms with van der Waals surface area (Å²) in [7, 11) is 0. The fourth-order valence-electron chi connectivity index (χ4n) is 2.72. The van der Waals surface area contributed by atoms with E-state index in [1.807, 2.05) is 60.8 Å². The van der Waals surface area contributed by atoms with E-state index >= 15 is 0 Å². The molecule has 0 aliphatic carbocycles. The minimum Gasteiger partial charge on any atom is -0.454 e. The van der Waals surface area contributed by atoms with Crippen LogP contribution in [-0.4, -0.2) is 21.4 Å². The summed E-state index contributed by atoms with van der Waals surface area (Å²) in [5, 5.41) is 4.47. The lowest BCUT2D eigenvalue weighted by atomic mass is 10.1. The highest BCUT2D eigenvalue weighted by Gasteiger charge is 2.15. The van der Waals surface area contributed by atoms with Crippen LogP contribution in [0.5, 0.6) is 23.1 Å². The third kappa shape index (κ3) is 2.53. The van der Waals surface area contributed by atoms with Crippen LogP contribution in [0.2, 0.25) is 0 Å². The Hall–Kier alpha value is -3.54. The summed E-state index contributed by atoms with van der Waals surface area (Å²) in [5.74, 6) is 2.73. The second-order valence-electron chi connectivity index (χ2n) is 5.58. The summed E-state index contributed by atoms with van der Waals surface area (Å²) in [6.45, 7) is 0.256. The molecular weight excluding hydrogens is 318 g/mol. The van der Waals surface area contributed by atoms with Crippen LogP contribution < -0.4 is 14.2 Å². The predicted octanol–water partition coefficient (Wildman–Crippen LogP) is 3.92. The lowest BCUT2D eigenvalue weighted by molar-refractivity contribution is 0.174. The Morgan fingerprint density at radius 3 is 2.72 bits per heavy atom. The van der Waals surface area contributed by atoms with Gasteiger partial charge in [-0.25, -0.2) is 9.50 Å². The number of fused-ring (bicyclic) bond motifs is 2. The number of hydrogen-bond acceptors (Lipinski definition) is 5. The van der Waals surface area contributed by atoms with Crippen molar-refractivity contribution in [3.63, 3.8) is 0 Å². The first-order chi connectivity index (χ1) is 12.3. The summed E-state index contributed by atoms with van der Waals surface area (Å²) < 4.78 is 18.2. The van der Waals surface area contributed by atoms with E-state index in [-0.39, 0.29) is 6.79 Å². The average molecular weight is 331 g/mol. The van der Waals surface area contributed by atoms with Crippen molar-refractivity contribution in [2.45, 2.75) is 0 Å². The Bertz CT molecular complexity index is 1060. The molecule has 1 aliphatic heterocycles. The van der Waals surface area contributed by atoms with Gasteiger partial charge >= 0.3 is 0 Å². The van der Waals surface area contributed by atoms with Gasteiger partial charge in [0.25, 0.3) is 0 Å². The smallest absolute Gasteiger partial charge is 0.237 e. The fourth-order valence-corrected chi connectivity index (χ4v) is 2.72. The standard InChI is InChI=1S/C19H13N3O3/c1-2-4-14(5-3-1)25-19-9-8-18-20-15(11-22(18)21-19)13-6-7-16-17(10-13)24-12-23-16/h1-11H,12H2. The predicted molar refractivity (Wildman–Crippen MR) is 91.1 cm³/mol. The third-order valence-electron chi connectivity index (χ3n) is 3.93. The van der Waals surface area contributed by atoms with Crippen molar-refractivity contribution >= 4 is 5.65 Å². The summed E-state index contributed by atoms with van der Waals surface area (Å²) >= 11 is 0. The minimum absolute atomic E-state index is 0.256. The molecular formula is C19H13N3O3. The van der Waals surface area contributed by atoms with Crippen molar-refractivity contribution in [3.05, 3.63) is 66.9 Å². The van der Waals surface area contributed by atoms with Crippen molar-refractivity contribution in [2.75, 3.05) is 6.79 Å². The summed E-state index contributed by atoms with van der Waals surface area (Å²) in [5.41, 5.74) is 2.50. The monoisotopic (exact) mass is 331 g/mol. The molecule has 0 spiro atoms. The molecule has 0 N–H and O–H groups in total. The number of para-hydroxylation sites is 1. The molecule has 0 amide bonds. The molecule has 2 aromatic carbocycles. The number of ether oxygens (including phenoxy) is 3. The fraction of sp³-hybridized carbons (Fsp3) is 0.0526. The van der Waals surface area contributed by atoms with Gasteiger partial charge in [0.05, 0.1) is 11.9 Å². The molecule has 3 heterocycles. The number of benzene rings is 2. The van der Waals surface area contributed by atoms with E-state index in [0.29, 0.717) is 5.88 Å². The lowest BCUT2D eigenvalue weighted by Crippen LogP contribution is -1.94. The molecule has 0 atom stereocenters. The van der Waals surface area contributed by atoms with Gasteiger partial charge in [-0.15, -0.1) is 5.10 Å². The maximum Gasteiger partial charge on any atom is 0.237 e. The first kappa shape index (κ1) is 13.9. The van der Waals surface area contributed by atoms with Gasteiger partial charge in [0.2, 0.25) is 12.7 Å². The zero-order valence-electron chi connectivity index (χ0n) is 13.1. The molecule has 0 radical (unpaired) electrons. The minimum atomic E-state index is 0.256. The van der Waals surface area contributed by atoms with Gasteiger partial charge in [-0.3, -0.25) is 0 Å². The van der Waals surface area contributed by atoms with Crippen LogP contribution in [0, 0.1) is 0 Å². The van der Waals surface area contributed by atoms with Crippen LogP contribution >= 0.6 is 0 Å². The van der Waals surface area contributed by atoms with Crippen molar-refractivity contribution in [1.29, 1.82) is 0 Å². The molecule has 6 nitrogen and oxygen atoms in total. The highest BCUT2D eigenvalue weighted by Crippen LogP contribution is 2.35. The molecule has 2 aromatic heterocycles. The van der Waals surface area contributed by atoms with Crippen LogP contribution in [-0.2, 0) is 0 Å². The average Bonchev–Trinajstić information content (AvgIpc) is 3.28. The Morgan fingerprint density at radius 1 is 0.920 bits per heavy atom. The van der Waals surface area contributed by atoms with Gasteiger partial charge in [0.15, 0.2) is 17.1 Å². The van der Waals surface area contributed by atoms with Crippen LogP contribution in [0.4, 0.5) is 0 Å². The number of aromatic nitrogens is 3. The van der Waals surface area contributed by atoms with E-state index in [2.05, 4.69) is 10.1 Å². The molecule has 1 aliphatic rings. The van der Waals surface area contributed by atoms with E-state index < -0.39 is 0 Å². The van der Waals surface area contributed by atoms with E-state index in [4.69, 9.17) is 14.2 Å². The zero-order valence-corrected chi connectivity index (χ0v) is 13.1. The maximum absolute atomic E-state index is 5.77. The quantitative estimate of drug-likeness (QED) is 0.569. The highest BCUT2D eigenvalue weighted by atomic mass is 16.7. The first-order valence-corrected chi connectivity index (χ1v) is 7.84. The molecule has 0 fully saturated rings. The first-order valence-electron chi connectivity index (χ1n) is 7.84. The van der Waals surface area contributed by atoms with E-state index in [9.17, 15) is 0 Å². The van der Waals surface area contributed by atoms with Crippen LogP contribution in [0.25, 0.3) is 16.9 Å². The van der Waals surface area contributed by atoms with Crippen LogP contribution in [0.15, 0.2) is 66.9 Å². The number of hydrogen-bond donors (Lipinski definition) is 0. The molecule has 6 heteroatoms. The Labute approximate surface area is 143 Å². The normalized spacial score (nSPS) is 12.5.